The van der Waals surface area contributed by atoms with Gasteiger partial charge in [-0.15, -0.1) is 0 Å². The number of halogens is 1. The molecule has 0 radical (unpaired) electrons. The SMILES string of the molecule is Cc1ccc(C)c(C(N)CN(C)c2ccc(F)cc2)c1. The summed E-state index contributed by atoms with van der Waals surface area (Å²) in [6.45, 7) is 4.84. The normalized spacial score (nSPS) is 12.2. The van der Waals surface area contributed by atoms with Gasteiger partial charge in [-0.3, -0.25) is 0 Å². The van der Waals surface area contributed by atoms with Gasteiger partial charge in [-0.05, 0) is 49.2 Å². The predicted octanol–water partition coefficient (Wildman–Crippen LogP) is 3.58. The maximum Gasteiger partial charge on any atom is 0.123 e. The van der Waals surface area contributed by atoms with Crippen LogP contribution in [0.3, 0.4) is 0 Å². The number of hydrogen-bond donors (Lipinski definition) is 1. The van der Waals surface area contributed by atoms with Crippen LogP contribution in [0.25, 0.3) is 0 Å². The molecule has 0 aromatic heterocycles. The van der Waals surface area contributed by atoms with Crippen molar-refractivity contribution in [2.75, 3.05) is 18.5 Å². The minimum atomic E-state index is -0.221. The van der Waals surface area contributed by atoms with Crippen LogP contribution in [-0.4, -0.2) is 13.6 Å². The highest BCUT2D eigenvalue weighted by atomic mass is 19.1. The summed E-state index contributed by atoms with van der Waals surface area (Å²) in [6, 6.07) is 12.7. The van der Waals surface area contributed by atoms with Gasteiger partial charge in [0.25, 0.3) is 0 Å². The van der Waals surface area contributed by atoms with Gasteiger partial charge in [0, 0.05) is 25.3 Å². The Morgan fingerprint density at radius 2 is 1.75 bits per heavy atom. The van der Waals surface area contributed by atoms with Gasteiger partial charge in [0.1, 0.15) is 5.82 Å². The first kappa shape index (κ1) is 14.5. The number of rotatable bonds is 4. The van der Waals surface area contributed by atoms with E-state index in [4.69, 9.17) is 5.73 Å². The van der Waals surface area contributed by atoms with Crippen LogP contribution >= 0.6 is 0 Å². The molecule has 0 bridgehead atoms. The topological polar surface area (TPSA) is 29.3 Å². The van der Waals surface area contributed by atoms with Crippen LogP contribution in [0.15, 0.2) is 42.5 Å². The van der Waals surface area contributed by atoms with Crippen molar-refractivity contribution in [1.29, 1.82) is 0 Å². The molecule has 2 N–H and O–H groups in total. The maximum absolute atomic E-state index is 12.9. The zero-order valence-corrected chi connectivity index (χ0v) is 12.2. The zero-order chi connectivity index (χ0) is 14.7. The Labute approximate surface area is 120 Å². The number of aryl methyl sites for hydroxylation is 2. The van der Waals surface area contributed by atoms with Crippen molar-refractivity contribution in [3.05, 3.63) is 65.0 Å². The Morgan fingerprint density at radius 3 is 2.40 bits per heavy atom. The van der Waals surface area contributed by atoms with E-state index in [2.05, 4.69) is 32.0 Å². The molecular weight excluding hydrogens is 251 g/mol. The second kappa shape index (κ2) is 6.06. The van der Waals surface area contributed by atoms with E-state index in [1.165, 1.54) is 28.8 Å². The second-order valence-corrected chi connectivity index (χ2v) is 5.32. The van der Waals surface area contributed by atoms with Crippen LogP contribution in [0.2, 0.25) is 0 Å². The molecule has 0 aliphatic rings. The van der Waals surface area contributed by atoms with Crippen LogP contribution in [0.1, 0.15) is 22.7 Å². The number of likely N-dealkylation sites (N-methyl/N-ethyl adjacent to an activating group) is 1. The van der Waals surface area contributed by atoms with Crippen LogP contribution < -0.4 is 10.6 Å². The smallest absolute Gasteiger partial charge is 0.123 e. The van der Waals surface area contributed by atoms with E-state index in [0.29, 0.717) is 6.54 Å². The largest absolute Gasteiger partial charge is 0.373 e. The minimum absolute atomic E-state index is 0.0649. The molecule has 0 spiro atoms. The predicted molar refractivity (Wildman–Crippen MR) is 82.5 cm³/mol. The Balaban J connectivity index is 2.12. The molecule has 2 rings (SSSR count). The molecule has 0 aliphatic carbocycles. The van der Waals surface area contributed by atoms with Gasteiger partial charge in [0.05, 0.1) is 0 Å². The lowest BCUT2D eigenvalue weighted by atomic mass is 9.99. The lowest BCUT2D eigenvalue weighted by Crippen LogP contribution is -2.29. The van der Waals surface area contributed by atoms with E-state index < -0.39 is 0 Å². The van der Waals surface area contributed by atoms with Crippen LogP contribution in [0.5, 0.6) is 0 Å². The molecule has 0 aliphatic heterocycles. The Kier molecular flexibility index (Phi) is 4.40. The van der Waals surface area contributed by atoms with Gasteiger partial charge in [-0.2, -0.15) is 0 Å². The fourth-order valence-electron chi connectivity index (χ4n) is 2.35. The second-order valence-electron chi connectivity index (χ2n) is 5.32. The van der Waals surface area contributed by atoms with Crippen molar-refractivity contribution in [2.24, 2.45) is 5.73 Å². The van der Waals surface area contributed by atoms with E-state index in [1.807, 2.05) is 11.9 Å². The quantitative estimate of drug-likeness (QED) is 0.921. The van der Waals surface area contributed by atoms with Gasteiger partial charge in [-0.1, -0.05) is 23.8 Å². The summed E-state index contributed by atoms with van der Waals surface area (Å²) < 4.78 is 12.9. The fourth-order valence-corrected chi connectivity index (χ4v) is 2.35. The summed E-state index contributed by atoms with van der Waals surface area (Å²) in [7, 11) is 1.97. The first-order valence-corrected chi connectivity index (χ1v) is 6.77. The fraction of sp³-hybridized carbons (Fsp3) is 0.294. The highest BCUT2D eigenvalue weighted by Crippen LogP contribution is 2.21. The van der Waals surface area contributed by atoms with E-state index in [-0.39, 0.29) is 11.9 Å². The standard InChI is InChI=1S/C17H21FN2/c1-12-4-5-13(2)16(10-12)17(19)11-20(3)15-8-6-14(18)7-9-15/h4-10,17H,11,19H2,1-3H3. The summed E-state index contributed by atoms with van der Waals surface area (Å²) in [6.07, 6.45) is 0. The molecule has 0 saturated heterocycles. The average Bonchev–Trinajstić information content (AvgIpc) is 2.42. The minimum Gasteiger partial charge on any atom is -0.373 e. The molecule has 20 heavy (non-hydrogen) atoms. The molecule has 106 valence electrons. The molecule has 1 unspecified atom stereocenters. The lowest BCUT2D eigenvalue weighted by Gasteiger charge is -2.25. The molecule has 0 amide bonds. The summed E-state index contributed by atoms with van der Waals surface area (Å²) in [5, 5.41) is 0. The molecule has 3 heteroatoms. The van der Waals surface area contributed by atoms with Gasteiger partial charge < -0.3 is 10.6 Å². The molecule has 0 fully saturated rings. The Bertz CT molecular complexity index is 578. The van der Waals surface area contributed by atoms with E-state index in [9.17, 15) is 4.39 Å². The monoisotopic (exact) mass is 272 g/mol. The molecule has 0 heterocycles. The lowest BCUT2D eigenvalue weighted by molar-refractivity contribution is 0.627. The van der Waals surface area contributed by atoms with Crippen LogP contribution in [0.4, 0.5) is 10.1 Å². The summed E-state index contributed by atoms with van der Waals surface area (Å²) in [4.78, 5) is 2.05. The molecule has 2 nitrogen and oxygen atoms in total. The third-order valence-corrected chi connectivity index (χ3v) is 3.57. The maximum atomic E-state index is 12.9. The molecular formula is C17H21FN2. The summed E-state index contributed by atoms with van der Waals surface area (Å²) >= 11 is 0. The molecule has 1 atom stereocenters. The first-order chi connectivity index (χ1) is 9.47. The molecule has 0 saturated carbocycles. The number of benzene rings is 2. The van der Waals surface area contributed by atoms with Crippen LogP contribution in [-0.2, 0) is 0 Å². The third-order valence-electron chi connectivity index (χ3n) is 3.57. The van der Waals surface area contributed by atoms with E-state index >= 15 is 0 Å². The van der Waals surface area contributed by atoms with Crippen molar-refractivity contribution >= 4 is 5.69 Å². The molecule has 2 aromatic carbocycles. The van der Waals surface area contributed by atoms with Crippen molar-refractivity contribution in [1.82, 2.24) is 0 Å². The van der Waals surface area contributed by atoms with Gasteiger partial charge in [0.15, 0.2) is 0 Å². The van der Waals surface area contributed by atoms with Crippen LogP contribution in [0, 0.1) is 19.7 Å². The first-order valence-electron chi connectivity index (χ1n) is 6.77. The number of nitrogens with zero attached hydrogens (tertiary/aromatic N) is 1. The number of hydrogen-bond acceptors (Lipinski definition) is 2. The average molecular weight is 272 g/mol. The van der Waals surface area contributed by atoms with Crippen molar-refractivity contribution < 1.29 is 4.39 Å². The zero-order valence-electron chi connectivity index (χ0n) is 12.2. The Hall–Kier alpha value is -1.87. The third kappa shape index (κ3) is 3.36. The van der Waals surface area contributed by atoms with Crippen molar-refractivity contribution in [2.45, 2.75) is 19.9 Å². The summed E-state index contributed by atoms with van der Waals surface area (Å²) in [5.41, 5.74) is 10.9. The van der Waals surface area contributed by atoms with Gasteiger partial charge >= 0.3 is 0 Å². The van der Waals surface area contributed by atoms with Gasteiger partial charge in [-0.25, -0.2) is 4.39 Å². The highest BCUT2D eigenvalue weighted by molar-refractivity contribution is 5.46. The number of anilines is 1. The number of nitrogens with two attached hydrogens (primary N) is 1. The van der Waals surface area contributed by atoms with Gasteiger partial charge in [0.2, 0.25) is 0 Å². The molecule has 2 aromatic rings. The van der Waals surface area contributed by atoms with E-state index in [0.717, 1.165) is 5.69 Å². The highest BCUT2D eigenvalue weighted by Gasteiger charge is 2.12. The van der Waals surface area contributed by atoms with E-state index in [1.54, 1.807) is 12.1 Å². The van der Waals surface area contributed by atoms with Crippen molar-refractivity contribution in [3.63, 3.8) is 0 Å². The summed E-state index contributed by atoms with van der Waals surface area (Å²) in [5.74, 6) is -0.221. The Morgan fingerprint density at radius 1 is 1.10 bits per heavy atom. The van der Waals surface area contributed by atoms with Crippen molar-refractivity contribution in [3.8, 4) is 0 Å².